The molecule has 2 aromatic heterocycles. The van der Waals surface area contributed by atoms with Crippen LogP contribution in [0.25, 0.3) is 20.7 Å². The fourth-order valence-electron chi connectivity index (χ4n) is 2.07. The molecule has 0 saturated carbocycles. The average molecular weight is 332 g/mol. The minimum absolute atomic E-state index is 0.416. The van der Waals surface area contributed by atoms with Gasteiger partial charge in [-0.25, -0.2) is 15.1 Å². The van der Waals surface area contributed by atoms with Gasteiger partial charge in [0, 0.05) is 10.6 Å². The van der Waals surface area contributed by atoms with E-state index in [4.69, 9.17) is 0 Å². The van der Waals surface area contributed by atoms with E-state index in [9.17, 15) is 14.4 Å². The third kappa shape index (κ3) is 3.15. The molecule has 3 aromatic rings. The van der Waals surface area contributed by atoms with Gasteiger partial charge in [0.2, 0.25) is 0 Å². The van der Waals surface area contributed by atoms with E-state index in [0.717, 1.165) is 10.4 Å². The van der Waals surface area contributed by atoms with E-state index >= 15 is 0 Å². The highest BCUT2D eigenvalue weighted by molar-refractivity contribution is 7.21. The Bertz CT molecular complexity index is 971. The molecule has 3 rings (SSSR count). The van der Waals surface area contributed by atoms with Gasteiger partial charge in [0.05, 0.1) is 12.5 Å². The van der Waals surface area contributed by atoms with Crippen LogP contribution >= 0.6 is 11.3 Å². The topological polar surface area (TPSA) is 116 Å². The summed E-state index contributed by atoms with van der Waals surface area (Å²) in [6, 6.07) is 8.30. The maximum absolute atomic E-state index is 11.7. The molecule has 0 unspecified atom stereocenters. The van der Waals surface area contributed by atoms with E-state index < -0.39 is 17.3 Å². The molecule has 0 spiro atoms. The number of hydrogen-bond acceptors (Lipinski definition) is 5. The average Bonchev–Trinajstić information content (AvgIpc) is 2.92. The van der Waals surface area contributed by atoms with Crippen LogP contribution in [0.5, 0.6) is 0 Å². The molecule has 8 nitrogen and oxygen atoms in total. The molecule has 2 heterocycles. The van der Waals surface area contributed by atoms with Crippen LogP contribution in [-0.2, 0) is 4.84 Å². The number of carbonyl (C=O) groups excluding carboxylic acids is 1. The summed E-state index contributed by atoms with van der Waals surface area (Å²) in [6.07, 6.45) is 0. The summed E-state index contributed by atoms with van der Waals surface area (Å²) in [5.74, 6) is 0. The number of anilines is 1. The van der Waals surface area contributed by atoms with Crippen molar-refractivity contribution in [1.82, 2.24) is 15.4 Å². The van der Waals surface area contributed by atoms with E-state index in [1.54, 1.807) is 30.3 Å². The Morgan fingerprint density at radius 1 is 1.17 bits per heavy atom. The quantitative estimate of drug-likeness (QED) is 0.545. The number of rotatable bonds is 3. The van der Waals surface area contributed by atoms with Gasteiger partial charge >= 0.3 is 11.7 Å². The Kier molecular flexibility index (Phi) is 3.96. The molecule has 0 saturated heterocycles. The minimum atomic E-state index is -0.528. The number of aromatic amines is 2. The Morgan fingerprint density at radius 2 is 1.91 bits per heavy atom. The van der Waals surface area contributed by atoms with Crippen LogP contribution in [0, 0.1) is 0 Å². The third-order valence-electron chi connectivity index (χ3n) is 3.05. The van der Waals surface area contributed by atoms with Crippen LogP contribution in [0.2, 0.25) is 0 Å². The van der Waals surface area contributed by atoms with E-state index in [1.807, 2.05) is 0 Å². The van der Waals surface area contributed by atoms with Crippen LogP contribution in [0.3, 0.4) is 0 Å². The molecule has 1 aromatic carbocycles. The molecule has 23 heavy (non-hydrogen) atoms. The van der Waals surface area contributed by atoms with Gasteiger partial charge in [0.15, 0.2) is 0 Å². The fourth-order valence-corrected chi connectivity index (χ4v) is 3.12. The highest BCUT2D eigenvalue weighted by atomic mass is 32.1. The smallest absolute Gasteiger partial charge is 0.306 e. The zero-order valence-electron chi connectivity index (χ0n) is 11.9. The van der Waals surface area contributed by atoms with E-state index in [0.29, 0.717) is 15.9 Å². The molecule has 2 amide bonds. The minimum Gasteiger partial charge on any atom is -0.306 e. The number of carbonyl (C=O) groups is 1. The van der Waals surface area contributed by atoms with Gasteiger partial charge < -0.3 is 5.32 Å². The second-order valence-corrected chi connectivity index (χ2v) is 5.65. The summed E-state index contributed by atoms with van der Waals surface area (Å²) in [6.45, 7) is 0. The lowest BCUT2D eigenvalue weighted by Gasteiger charge is -2.05. The Labute approximate surface area is 133 Å². The summed E-state index contributed by atoms with van der Waals surface area (Å²) in [4.78, 5) is 45.0. The molecule has 0 atom stereocenters. The van der Waals surface area contributed by atoms with E-state index in [1.165, 1.54) is 18.4 Å². The molecule has 0 fully saturated rings. The predicted octanol–water partition coefficient (Wildman–Crippen LogP) is 1.63. The second kappa shape index (κ2) is 6.07. The van der Waals surface area contributed by atoms with Crippen molar-refractivity contribution < 1.29 is 9.63 Å². The number of thiophene rings is 1. The lowest BCUT2D eigenvalue weighted by Crippen LogP contribution is -2.27. The van der Waals surface area contributed by atoms with Gasteiger partial charge in [0.25, 0.3) is 5.56 Å². The van der Waals surface area contributed by atoms with Crippen LogP contribution in [-0.4, -0.2) is 23.1 Å². The van der Waals surface area contributed by atoms with Gasteiger partial charge in [-0.05, 0) is 23.8 Å². The van der Waals surface area contributed by atoms with Gasteiger partial charge in [-0.15, -0.1) is 11.3 Å². The van der Waals surface area contributed by atoms with Crippen LogP contribution in [0.15, 0.2) is 39.9 Å². The number of urea groups is 1. The van der Waals surface area contributed by atoms with Crippen LogP contribution in [0.4, 0.5) is 10.5 Å². The molecular formula is C14H12N4O4S. The first-order valence-electron chi connectivity index (χ1n) is 6.53. The number of nitrogens with one attached hydrogen (secondary N) is 4. The summed E-state index contributed by atoms with van der Waals surface area (Å²) in [5, 5.41) is 3.03. The summed E-state index contributed by atoms with van der Waals surface area (Å²) < 4.78 is 0. The van der Waals surface area contributed by atoms with Crippen molar-refractivity contribution in [2.24, 2.45) is 0 Å². The highest BCUT2D eigenvalue weighted by Crippen LogP contribution is 2.31. The van der Waals surface area contributed by atoms with Gasteiger partial charge in [0.1, 0.15) is 4.83 Å². The monoisotopic (exact) mass is 332 g/mol. The first-order chi connectivity index (χ1) is 11.1. The molecule has 9 heteroatoms. The molecule has 0 aliphatic rings. The molecule has 4 N–H and O–H groups in total. The SMILES string of the molecule is CONC(=O)Nc1ccc(-c2cc3c(=O)[nH]c(=O)[nH]c3s2)cc1. The molecule has 0 aliphatic heterocycles. The molecule has 118 valence electrons. The Morgan fingerprint density at radius 3 is 2.61 bits per heavy atom. The van der Waals surface area contributed by atoms with Crippen molar-refractivity contribution in [2.75, 3.05) is 12.4 Å². The van der Waals surface area contributed by atoms with Crippen molar-refractivity contribution in [3.8, 4) is 10.4 Å². The van der Waals surface area contributed by atoms with Crippen molar-refractivity contribution >= 4 is 33.3 Å². The maximum atomic E-state index is 11.7. The summed E-state index contributed by atoms with van der Waals surface area (Å²) in [5.41, 5.74) is 2.66. The lowest BCUT2D eigenvalue weighted by molar-refractivity contribution is 0.114. The van der Waals surface area contributed by atoms with Crippen LogP contribution < -0.4 is 22.0 Å². The van der Waals surface area contributed by atoms with Gasteiger partial charge in [-0.1, -0.05) is 12.1 Å². The van der Waals surface area contributed by atoms with E-state index in [-0.39, 0.29) is 0 Å². The number of hydrogen-bond donors (Lipinski definition) is 4. The number of fused-ring (bicyclic) bond motifs is 1. The predicted molar refractivity (Wildman–Crippen MR) is 87.7 cm³/mol. The van der Waals surface area contributed by atoms with Crippen molar-refractivity contribution in [3.05, 3.63) is 51.2 Å². The number of aromatic nitrogens is 2. The zero-order chi connectivity index (χ0) is 16.4. The maximum Gasteiger partial charge on any atom is 0.343 e. The van der Waals surface area contributed by atoms with Crippen molar-refractivity contribution in [3.63, 3.8) is 0 Å². The standard InChI is InChI=1S/C14H12N4O4S/c1-22-18-14(21)15-8-4-2-7(3-5-8)10-6-9-11(19)16-13(20)17-12(9)23-10/h2-6H,1H3,(H2,15,18,21)(H2,16,17,19,20). The second-order valence-electron chi connectivity index (χ2n) is 4.60. The van der Waals surface area contributed by atoms with Crippen molar-refractivity contribution in [1.29, 1.82) is 0 Å². The number of hydroxylamine groups is 1. The van der Waals surface area contributed by atoms with E-state index in [2.05, 4.69) is 25.6 Å². The molecular weight excluding hydrogens is 320 g/mol. The largest absolute Gasteiger partial charge is 0.343 e. The first kappa shape index (κ1) is 15.0. The van der Waals surface area contributed by atoms with Crippen LogP contribution in [0.1, 0.15) is 0 Å². The van der Waals surface area contributed by atoms with Gasteiger partial charge in [-0.3, -0.25) is 19.6 Å². The van der Waals surface area contributed by atoms with Crippen molar-refractivity contribution in [2.45, 2.75) is 0 Å². The normalized spacial score (nSPS) is 10.7. The highest BCUT2D eigenvalue weighted by Gasteiger charge is 2.09. The molecule has 0 aliphatic carbocycles. The van der Waals surface area contributed by atoms with Gasteiger partial charge in [-0.2, -0.15) is 0 Å². The molecule has 0 bridgehead atoms. The number of H-pyrrole nitrogens is 2. The Hall–Kier alpha value is -2.91. The number of amides is 2. The zero-order valence-corrected chi connectivity index (χ0v) is 12.7. The lowest BCUT2D eigenvalue weighted by atomic mass is 10.1. The first-order valence-corrected chi connectivity index (χ1v) is 7.35. The molecule has 0 radical (unpaired) electrons. The summed E-state index contributed by atoms with van der Waals surface area (Å²) >= 11 is 1.31. The Balaban J connectivity index is 1.90. The third-order valence-corrected chi connectivity index (χ3v) is 4.15. The summed E-state index contributed by atoms with van der Waals surface area (Å²) in [7, 11) is 1.34. The fraction of sp³-hybridized carbons (Fsp3) is 0.0714. The number of benzene rings is 1.